The maximum atomic E-state index is 14.0. The number of alkyl halides is 3. The van der Waals surface area contributed by atoms with E-state index in [9.17, 15) is 18.0 Å². The first-order valence-corrected chi connectivity index (χ1v) is 12.3. The summed E-state index contributed by atoms with van der Waals surface area (Å²) in [7, 11) is 1.63. The highest BCUT2D eigenvalue weighted by atomic mass is 19.4. The van der Waals surface area contributed by atoms with E-state index < -0.39 is 30.0 Å². The number of carbonyl (C=O) groups excluding carboxylic acids is 1. The van der Waals surface area contributed by atoms with Crippen LogP contribution >= 0.6 is 0 Å². The quantitative estimate of drug-likeness (QED) is 0.685. The van der Waals surface area contributed by atoms with Crippen LogP contribution < -0.4 is 15.4 Å². The molecular weight excluding hydrogens is 455 g/mol. The lowest BCUT2D eigenvalue weighted by Gasteiger charge is -2.45. The molecule has 5 nitrogen and oxygen atoms in total. The number of piperidine rings is 1. The van der Waals surface area contributed by atoms with E-state index in [0.29, 0.717) is 45.6 Å². The van der Waals surface area contributed by atoms with Gasteiger partial charge in [-0.25, -0.2) is 0 Å². The molecule has 0 aromatic heterocycles. The zero-order valence-corrected chi connectivity index (χ0v) is 19.9. The summed E-state index contributed by atoms with van der Waals surface area (Å²) in [5.41, 5.74) is 2.62. The SMILES string of the molecule is COc1cccc2c1CNC[C@]21CNC[C@H]1C(=O)N1CC[C@@H](c2ccccc2)C[C@H]1CC(F)(F)F. The van der Waals surface area contributed by atoms with E-state index in [1.807, 2.05) is 48.5 Å². The van der Waals surface area contributed by atoms with E-state index in [4.69, 9.17) is 4.74 Å². The highest BCUT2D eigenvalue weighted by Crippen LogP contribution is 2.44. The summed E-state index contributed by atoms with van der Waals surface area (Å²) < 4.78 is 46.5. The van der Waals surface area contributed by atoms with Crippen LogP contribution in [0.25, 0.3) is 0 Å². The second kappa shape index (κ2) is 9.47. The minimum absolute atomic E-state index is 0.0181. The fourth-order valence-electron chi connectivity index (χ4n) is 6.49. The number of amides is 1. The molecule has 3 aliphatic heterocycles. The van der Waals surface area contributed by atoms with Crippen molar-refractivity contribution in [1.82, 2.24) is 15.5 Å². The van der Waals surface area contributed by atoms with Gasteiger partial charge in [-0.1, -0.05) is 42.5 Å². The highest BCUT2D eigenvalue weighted by Gasteiger charge is 2.53. The van der Waals surface area contributed by atoms with Gasteiger partial charge in [0.2, 0.25) is 5.91 Å². The lowest BCUT2D eigenvalue weighted by molar-refractivity contribution is -0.160. The van der Waals surface area contributed by atoms with Gasteiger partial charge in [-0.15, -0.1) is 0 Å². The normalized spacial score (nSPS) is 28.7. The predicted molar refractivity (Wildman–Crippen MR) is 127 cm³/mol. The van der Waals surface area contributed by atoms with Gasteiger partial charge in [-0.05, 0) is 36.0 Å². The first-order valence-electron chi connectivity index (χ1n) is 12.3. The summed E-state index contributed by atoms with van der Waals surface area (Å²) in [6.45, 7) is 2.63. The number of ether oxygens (including phenoxy) is 1. The Morgan fingerprint density at radius 3 is 2.63 bits per heavy atom. The van der Waals surface area contributed by atoms with E-state index in [1.54, 1.807) is 12.0 Å². The van der Waals surface area contributed by atoms with E-state index >= 15 is 0 Å². The molecule has 0 unspecified atom stereocenters. The summed E-state index contributed by atoms with van der Waals surface area (Å²) in [6.07, 6.45) is -4.32. The number of methoxy groups -OCH3 is 1. The maximum Gasteiger partial charge on any atom is 0.391 e. The Kier molecular flexibility index (Phi) is 6.53. The fraction of sp³-hybridized carbons (Fsp3) is 0.519. The molecular formula is C27H32F3N3O2. The van der Waals surface area contributed by atoms with Gasteiger partial charge >= 0.3 is 6.18 Å². The number of carbonyl (C=O) groups is 1. The van der Waals surface area contributed by atoms with Crippen LogP contribution in [0.15, 0.2) is 48.5 Å². The predicted octanol–water partition coefficient (Wildman–Crippen LogP) is 3.98. The van der Waals surface area contributed by atoms with Gasteiger partial charge in [0.15, 0.2) is 0 Å². The molecule has 1 amide bonds. The van der Waals surface area contributed by atoms with Gasteiger partial charge < -0.3 is 20.3 Å². The summed E-state index contributed by atoms with van der Waals surface area (Å²) in [5, 5.41) is 6.82. The molecule has 0 aliphatic carbocycles. The molecule has 2 N–H and O–H groups in total. The topological polar surface area (TPSA) is 53.6 Å². The van der Waals surface area contributed by atoms with Gasteiger partial charge in [0, 0.05) is 49.7 Å². The second-order valence-corrected chi connectivity index (χ2v) is 10.1. The summed E-state index contributed by atoms with van der Waals surface area (Å²) >= 11 is 0. The number of nitrogens with one attached hydrogen (secondary N) is 2. The Labute approximate surface area is 204 Å². The van der Waals surface area contributed by atoms with Crippen LogP contribution in [-0.2, 0) is 16.8 Å². The van der Waals surface area contributed by atoms with E-state index in [0.717, 1.165) is 22.4 Å². The minimum Gasteiger partial charge on any atom is -0.496 e. The molecule has 2 aromatic carbocycles. The molecule has 188 valence electrons. The molecule has 3 heterocycles. The molecule has 5 rings (SSSR count). The molecule has 1 spiro atoms. The minimum atomic E-state index is -4.33. The van der Waals surface area contributed by atoms with Crippen LogP contribution in [0.1, 0.15) is 41.9 Å². The van der Waals surface area contributed by atoms with E-state index in [-0.39, 0.29) is 11.8 Å². The van der Waals surface area contributed by atoms with Crippen molar-refractivity contribution in [3.05, 3.63) is 65.2 Å². The smallest absolute Gasteiger partial charge is 0.391 e. The van der Waals surface area contributed by atoms with Crippen molar-refractivity contribution in [2.75, 3.05) is 33.3 Å². The lowest BCUT2D eigenvalue weighted by Crippen LogP contribution is -2.56. The zero-order valence-electron chi connectivity index (χ0n) is 19.9. The third-order valence-corrected chi connectivity index (χ3v) is 8.12. The Hall–Kier alpha value is -2.58. The highest BCUT2D eigenvalue weighted by molar-refractivity contribution is 5.82. The number of nitrogens with zero attached hydrogens (tertiary/aromatic N) is 1. The Balaban J connectivity index is 1.45. The van der Waals surface area contributed by atoms with Gasteiger partial charge in [-0.3, -0.25) is 4.79 Å². The van der Waals surface area contributed by atoms with Crippen LogP contribution in [0.2, 0.25) is 0 Å². The number of hydrogen-bond donors (Lipinski definition) is 2. The second-order valence-electron chi connectivity index (χ2n) is 10.1. The fourth-order valence-corrected chi connectivity index (χ4v) is 6.49. The molecule has 35 heavy (non-hydrogen) atoms. The van der Waals surface area contributed by atoms with Crippen molar-refractivity contribution in [1.29, 1.82) is 0 Å². The Bertz CT molecular complexity index is 1060. The number of fused-ring (bicyclic) bond motifs is 2. The molecule has 3 aliphatic rings. The average Bonchev–Trinajstić information content (AvgIpc) is 3.27. The Morgan fingerprint density at radius 2 is 1.89 bits per heavy atom. The summed E-state index contributed by atoms with van der Waals surface area (Å²) in [6, 6.07) is 14.7. The van der Waals surface area contributed by atoms with Crippen LogP contribution in [0.5, 0.6) is 5.75 Å². The van der Waals surface area contributed by atoms with Crippen molar-refractivity contribution in [3.63, 3.8) is 0 Å². The van der Waals surface area contributed by atoms with Gasteiger partial charge in [0.1, 0.15) is 5.75 Å². The van der Waals surface area contributed by atoms with Crippen molar-refractivity contribution in [2.45, 2.75) is 49.4 Å². The number of rotatable bonds is 4. The van der Waals surface area contributed by atoms with Crippen LogP contribution in [-0.4, -0.2) is 56.3 Å². The molecule has 0 bridgehead atoms. The van der Waals surface area contributed by atoms with Crippen LogP contribution in [0.3, 0.4) is 0 Å². The molecule has 2 aromatic rings. The van der Waals surface area contributed by atoms with E-state index in [2.05, 4.69) is 10.6 Å². The van der Waals surface area contributed by atoms with Crippen LogP contribution in [0.4, 0.5) is 13.2 Å². The van der Waals surface area contributed by atoms with Crippen LogP contribution in [0, 0.1) is 5.92 Å². The molecule has 4 atom stereocenters. The Morgan fingerprint density at radius 1 is 1.11 bits per heavy atom. The van der Waals surface area contributed by atoms with Gasteiger partial charge in [0.25, 0.3) is 0 Å². The lowest BCUT2D eigenvalue weighted by atomic mass is 9.68. The molecule has 0 radical (unpaired) electrons. The first kappa shape index (κ1) is 24.1. The summed E-state index contributed by atoms with van der Waals surface area (Å²) in [5.74, 6) is 0.175. The number of benzene rings is 2. The first-order chi connectivity index (χ1) is 16.8. The van der Waals surface area contributed by atoms with E-state index in [1.165, 1.54) is 0 Å². The monoisotopic (exact) mass is 487 g/mol. The molecule has 8 heteroatoms. The standard InChI is InChI=1S/C27H32F3N3O2/c1-35-24-9-5-8-22-21(24)14-31-16-26(22)17-32-15-23(26)25(34)33-11-10-19(18-6-3-2-4-7-18)12-20(33)13-27(28,29)30/h2-9,19-20,23,31-32H,10-17H2,1H3/t19-,20+,23+,26+/m1/s1. The van der Waals surface area contributed by atoms with Gasteiger partial charge in [0.05, 0.1) is 19.4 Å². The zero-order chi connectivity index (χ0) is 24.6. The molecule has 2 fully saturated rings. The average molecular weight is 488 g/mol. The number of halogens is 3. The molecule has 2 saturated heterocycles. The summed E-state index contributed by atoms with van der Waals surface area (Å²) in [4.78, 5) is 15.6. The maximum absolute atomic E-state index is 14.0. The molecule has 0 saturated carbocycles. The number of hydrogen-bond acceptors (Lipinski definition) is 4. The van der Waals surface area contributed by atoms with Crippen molar-refractivity contribution >= 4 is 5.91 Å². The van der Waals surface area contributed by atoms with Crippen molar-refractivity contribution in [3.8, 4) is 5.75 Å². The number of likely N-dealkylation sites (tertiary alicyclic amines) is 1. The van der Waals surface area contributed by atoms with Crippen molar-refractivity contribution in [2.24, 2.45) is 5.92 Å². The largest absolute Gasteiger partial charge is 0.496 e. The van der Waals surface area contributed by atoms with Gasteiger partial charge in [-0.2, -0.15) is 13.2 Å². The third kappa shape index (κ3) is 4.54. The third-order valence-electron chi connectivity index (χ3n) is 8.12. The van der Waals surface area contributed by atoms with Crippen molar-refractivity contribution < 1.29 is 22.7 Å².